The molecule has 3 rings (SSSR count). The Kier molecular flexibility index (Phi) is 2.70. The Morgan fingerprint density at radius 3 is 2.88 bits per heavy atom. The molecule has 0 saturated carbocycles. The standard InChI is InChI=1S/C12H15N3O2/c16-9-10-12(14-5-7-17-8-6-14)13-11-3-1-2-4-15(10)11/h1-4,16H,5-9H2. The molecule has 5 nitrogen and oxygen atoms in total. The van der Waals surface area contributed by atoms with Gasteiger partial charge >= 0.3 is 0 Å². The van der Waals surface area contributed by atoms with Gasteiger partial charge in [0.15, 0.2) is 5.82 Å². The van der Waals surface area contributed by atoms with Crippen LogP contribution in [0.5, 0.6) is 0 Å². The summed E-state index contributed by atoms with van der Waals surface area (Å²) in [6.45, 7) is 3.10. The van der Waals surface area contributed by atoms with E-state index in [1.54, 1.807) is 0 Å². The van der Waals surface area contributed by atoms with Crippen LogP contribution in [0, 0.1) is 0 Å². The molecule has 90 valence electrons. The highest BCUT2D eigenvalue weighted by atomic mass is 16.5. The van der Waals surface area contributed by atoms with Gasteiger partial charge in [-0.2, -0.15) is 0 Å². The molecule has 0 amide bonds. The van der Waals surface area contributed by atoms with Gasteiger partial charge in [0.1, 0.15) is 5.65 Å². The van der Waals surface area contributed by atoms with Crippen LogP contribution in [0.2, 0.25) is 0 Å². The van der Waals surface area contributed by atoms with Crippen LogP contribution in [0.15, 0.2) is 24.4 Å². The average Bonchev–Trinajstić information content (AvgIpc) is 2.78. The van der Waals surface area contributed by atoms with Crippen molar-refractivity contribution in [3.05, 3.63) is 30.1 Å². The van der Waals surface area contributed by atoms with E-state index in [1.165, 1.54) is 0 Å². The Labute approximate surface area is 99.3 Å². The van der Waals surface area contributed by atoms with Crippen molar-refractivity contribution in [3.63, 3.8) is 0 Å². The van der Waals surface area contributed by atoms with Crippen LogP contribution in [0.3, 0.4) is 0 Å². The number of pyridine rings is 1. The fourth-order valence-corrected chi connectivity index (χ4v) is 2.21. The van der Waals surface area contributed by atoms with Crippen LogP contribution >= 0.6 is 0 Å². The first kappa shape index (κ1) is 10.6. The third kappa shape index (κ3) is 1.77. The van der Waals surface area contributed by atoms with E-state index in [9.17, 15) is 5.11 Å². The molecule has 17 heavy (non-hydrogen) atoms. The number of hydrogen-bond donors (Lipinski definition) is 1. The Balaban J connectivity index is 2.08. The van der Waals surface area contributed by atoms with Gasteiger partial charge < -0.3 is 14.7 Å². The number of aliphatic hydroxyl groups excluding tert-OH is 1. The van der Waals surface area contributed by atoms with E-state index in [0.717, 1.165) is 43.5 Å². The third-order valence-electron chi connectivity index (χ3n) is 3.07. The van der Waals surface area contributed by atoms with Gasteiger partial charge in [0.25, 0.3) is 0 Å². The second-order valence-electron chi connectivity index (χ2n) is 4.07. The predicted molar refractivity (Wildman–Crippen MR) is 64.1 cm³/mol. The number of aromatic nitrogens is 2. The minimum Gasteiger partial charge on any atom is -0.390 e. The van der Waals surface area contributed by atoms with Crippen molar-refractivity contribution in [1.82, 2.24) is 9.38 Å². The summed E-state index contributed by atoms with van der Waals surface area (Å²) in [5.41, 5.74) is 1.72. The lowest BCUT2D eigenvalue weighted by atomic mass is 10.3. The van der Waals surface area contributed by atoms with Gasteiger partial charge in [-0.1, -0.05) is 6.07 Å². The summed E-state index contributed by atoms with van der Waals surface area (Å²) in [4.78, 5) is 6.75. The highest BCUT2D eigenvalue weighted by Crippen LogP contribution is 2.22. The summed E-state index contributed by atoms with van der Waals surface area (Å²) < 4.78 is 7.27. The van der Waals surface area contributed by atoms with E-state index >= 15 is 0 Å². The van der Waals surface area contributed by atoms with Crippen LogP contribution in [0.25, 0.3) is 5.65 Å². The first-order valence-electron chi connectivity index (χ1n) is 5.79. The number of morpholine rings is 1. The number of rotatable bonds is 2. The first-order valence-corrected chi connectivity index (χ1v) is 5.79. The summed E-state index contributed by atoms with van der Waals surface area (Å²) >= 11 is 0. The molecule has 5 heteroatoms. The average molecular weight is 233 g/mol. The van der Waals surface area contributed by atoms with Gasteiger partial charge in [-0.15, -0.1) is 0 Å². The van der Waals surface area contributed by atoms with Crippen molar-refractivity contribution in [3.8, 4) is 0 Å². The monoisotopic (exact) mass is 233 g/mol. The molecule has 0 radical (unpaired) electrons. The van der Waals surface area contributed by atoms with Crippen LogP contribution in [0.1, 0.15) is 5.69 Å². The quantitative estimate of drug-likeness (QED) is 0.828. The lowest BCUT2D eigenvalue weighted by Gasteiger charge is -2.27. The fourth-order valence-electron chi connectivity index (χ4n) is 2.21. The molecular formula is C12H15N3O2. The maximum atomic E-state index is 9.52. The van der Waals surface area contributed by atoms with Gasteiger partial charge in [0.2, 0.25) is 0 Å². The van der Waals surface area contributed by atoms with Crippen molar-refractivity contribution in [1.29, 1.82) is 0 Å². The molecule has 1 N–H and O–H groups in total. The van der Waals surface area contributed by atoms with E-state index in [4.69, 9.17) is 4.74 Å². The molecule has 0 atom stereocenters. The zero-order chi connectivity index (χ0) is 11.7. The topological polar surface area (TPSA) is 50.0 Å². The second-order valence-corrected chi connectivity index (χ2v) is 4.07. The lowest BCUT2D eigenvalue weighted by Crippen LogP contribution is -2.37. The normalized spacial score (nSPS) is 16.6. The molecular weight excluding hydrogens is 218 g/mol. The molecule has 2 aromatic heterocycles. The van der Waals surface area contributed by atoms with Crippen LogP contribution in [0.4, 0.5) is 5.82 Å². The highest BCUT2D eigenvalue weighted by Gasteiger charge is 2.19. The number of imidazole rings is 1. The smallest absolute Gasteiger partial charge is 0.153 e. The molecule has 0 bridgehead atoms. The van der Waals surface area contributed by atoms with Crippen molar-refractivity contribution < 1.29 is 9.84 Å². The van der Waals surface area contributed by atoms with Crippen molar-refractivity contribution in [2.24, 2.45) is 0 Å². The second kappa shape index (κ2) is 4.35. The van der Waals surface area contributed by atoms with Crippen LogP contribution in [-0.4, -0.2) is 40.8 Å². The Morgan fingerprint density at radius 2 is 2.12 bits per heavy atom. The summed E-state index contributed by atoms with van der Waals surface area (Å²) in [6.07, 6.45) is 1.93. The number of aliphatic hydroxyl groups is 1. The largest absolute Gasteiger partial charge is 0.390 e. The number of anilines is 1. The first-order chi connectivity index (χ1) is 8.40. The molecule has 0 spiro atoms. The minimum atomic E-state index is -0.00211. The highest BCUT2D eigenvalue weighted by molar-refractivity contribution is 5.55. The zero-order valence-corrected chi connectivity index (χ0v) is 9.54. The van der Waals surface area contributed by atoms with Crippen LogP contribution < -0.4 is 4.90 Å². The molecule has 0 unspecified atom stereocenters. The molecule has 3 heterocycles. The van der Waals surface area contributed by atoms with Crippen molar-refractivity contribution in [2.45, 2.75) is 6.61 Å². The van der Waals surface area contributed by atoms with Gasteiger partial charge in [0, 0.05) is 19.3 Å². The van der Waals surface area contributed by atoms with Gasteiger partial charge in [-0.05, 0) is 12.1 Å². The number of hydrogen-bond acceptors (Lipinski definition) is 4. The molecule has 1 saturated heterocycles. The van der Waals surface area contributed by atoms with E-state index in [0.29, 0.717) is 0 Å². The van der Waals surface area contributed by atoms with E-state index < -0.39 is 0 Å². The van der Waals surface area contributed by atoms with E-state index in [2.05, 4.69) is 9.88 Å². The van der Waals surface area contributed by atoms with Gasteiger partial charge in [-0.3, -0.25) is 4.40 Å². The van der Waals surface area contributed by atoms with Crippen molar-refractivity contribution in [2.75, 3.05) is 31.2 Å². The van der Waals surface area contributed by atoms with E-state index in [1.807, 2.05) is 28.8 Å². The molecule has 0 aliphatic carbocycles. The number of ether oxygens (including phenoxy) is 1. The third-order valence-corrected chi connectivity index (χ3v) is 3.07. The predicted octanol–water partition coefficient (Wildman–Crippen LogP) is 0.663. The summed E-state index contributed by atoms with van der Waals surface area (Å²) in [5, 5.41) is 9.52. The summed E-state index contributed by atoms with van der Waals surface area (Å²) in [7, 11) is 0. The number of fused-ring (bicyclic) bond motifs is 1. The summed E-state index contributed by atoms with van der Waals surface area (Å²) in [6, 6.07) is 5.84. The minimum absolute atomic E-state index is 0.00211. The molecule has 0 aromatic carbocycles. The molecule has 1 fully saturated rings. The summed E-state index contributed by atoms with van der Waals surface area (Å²) in [5.74, 6) is 0.877. The maximum absolute atomic E-state index is 9.52. The molecule has 1 aliphatic heterocycles. The zero-order valence-electron chi connectivity index (χ0n) is 9.54. The number of nitrogens with zero attached hydrogens (tertiary/aromatic N) is 3. The Hall–Kier alpha value is -1.59. The van der Waals surface area contributed by atoms with Crippen LogP contribution in [-0.2, 0) is 11.3 Å². The van der Waals surface area contributed by atoms with Gasteiger partial charge in [-0.25, -0.2) is 4.98 Å². The van der Waals surface area contributed by atoms with Gasteiger partial charge in [0.05, 0.1) is 25.5 Å². The molecule has 1 aliphatic rings. The SMILES string of the molecule is OCc1c(N2CCOCC2)nc2ccccn12. The lowest BCUT2D eigenvalue weighted by molar-refractivity contribution is 0.122. The fraction of sp³-hybridized carbons (Fsp3) is 0.417. The Morgan fingerprint density at radius 1 is 1.29 bits per heavy atom. The molecule has 2 aromatic rings. The maximum Gasteiger partial charge on any atom is 0.153 e. The van der Waals surface area contributed by atoms with E-state index in [-0.39, 0.29) is 6.61 Å². The van der Waals surface area contributed by atoms with Crippen molar-refractivity contribution >= 4 is 11.5 Å². The Bertz CT molecular complexity index is 517.